The van der Waals surface area contributed by atoms with E-state index in [1.54, 1.807) is 6.21 Å². The van der Waals surface area contributed by atoms with Crippen molar-refractivity contribution in [3.05, 3.63) is 12.2 Å². The molecule has 0 aromatic heterocycles. The summed E-state index contributed by atoms with van der Waals surface area (Å²) >= 11 is 0. The van der Waals surface area contributed by atoms with E-state index in [0.29, 0.717) is 0 Å². The maximum atomic E-state index is 4.56. The van der Waals surface area contributed by atoms with E-state index in [2.05, 4.69) is 36.0 Å². The van der Waals surface area contributed by atoms with E-state index in [0.717, 1.165) is 11.4 Å². The molecular weight excluding hydrogens is 162 g/mol. The van der Waals surface area contributed by atoms with Crippen LogP contribution in [0.3, 0.4) is 0 Å². The van der Waals surface area contributed by atoms with Crippen molar-refractivity contribution < 1.29 is 0 Å². The third kappa shape index (κ3) is 1.46. The number of aliphatic imine (C=N–C) groups is 1. The van der Waals surface area contributed by atoms with Crippen LogP contribution in [0.2, 0.25) is 0 Å². The summed E-state index contributed by atoms with van der Waals surface area (Å²) in [7, 11) is 0. The molecule has 2 aliphatic heterocycles. The minimum absolute atomic E-state index is 0.0687. The second-order valence-electron chi connectivity index (χ2n) is 4.33. The minimum atomic E-state index is 0.0687. The summed E-state index contributed by atoms with van der Waals surface area (Å²) in [5.74, 6) is 0. The zero-order valence-electron chi connectivity index (χ0n) is 8.15. The molecule has 2 rings (SSSR count). The summed E-state index contributed by atoms with van der Waals surface area (Å²) in [6.07, 6.45) is 5.82. The van der Waals surface area contributed by atoms with E-state index in [4.69, 9.17) is 0 Å². The lowest BCUT2D eigenvalue weighted by Crippen LogP contribution is -2.27. The van der Waals surface area contributed by atoms with Gasteiger partial charge in [-0.05, 0) is 12.2 Å². The lowest BCUT2D eigenvalue weighted by atomic mass is 9.87. The summed E-state index contributed by atoms with van der Waals surface area (Å²) < 4.78 is 0. The predicted molar refractivity (Wildman–Crippen MR) is 55.7 cm³/mol. The Kier molecular flexibility index (Phi) is 1.68. The van der Waals surface area contributed by atoms with Crippen LogP contribution >= 0.6 is 0 Å². The van der Waals surface area contributed by atoms with Crippen molar-refractivity contribution in [3.8, 4) is 0 Å². The predicted octanol–water partition coefficient (Wildman–Crippen LogP) is 1.85. The maximum Gasteiger partial charge on any atom is 0.131 e. The maximum absolute atomic E-state index is 4.56. The van der Waals surface area contributed by atoms with Crippen molar-refractivity contribution in [2.24, 2.45) is 20.6 Å². The van der Waals surface area contributed by atoms with Crippen LogP contribution < -0.4 is 0 Å². The Balaban J connectivity index is 2.32. The molecule has 3 nitrogen and oxygen atoms in total. The first kappa shape index (κ1) is 8.35. The van der Waals surface area contributed by atoms with Gasteiger partial charge in [-0.2, -0.15) is 10.2 Å². The summed E-state index contributed by atoms with van der Waals surface area (Å²) in [6, 6.07) is 0.0687. The molecule has 1 unspecified atom stereocenters. The van der Waals surface area contributed by atoms with E-state index < -0.39 is 0 Å². The van der Waals surface area contributed by atoms with Gasteiger partial charge in [-0.1, -0.05) is 20.8 Å². The van der Waals surface area contributed by atoms with Gasteiger partial charge in [-0.15, -0.1) is 0 Å². The summed E-state index contributed by atoms with van der Waals surface area (Å²) in [6.45, 7) is 6.47. The SMILES string of the molecule is CC(C)(C)C1=NC2C=NN=C2C=C1. The highest BCUT2D eigenvalue weighted by Gasteiger charge is 2.24. The lowest BCUT2D eigenvalue weighted by Gasteiger charge is -2.22. The Morgan fingerprint density at radius 3 is 2.69 bits per heavy atom. The number of rotatable bonds is 0. The van der Waals surface area contributed by atoms with Crippen LogP contribution in [0.4, 0.5) is 0 Å². The molecule has 0 saturated heterocycles. The van der Waals surface area contributed by atoms with Crippen LogP contribution in [0.15, 0.2) is 27.3 Å². The molecule has 2 aliphatic rings. The van der Waals surface area contributed by atoms with Crippen molar-refractivity contribution in [2.45, 2.75) is 26.8 Å². The van der Waals surface area contributed by atoms with Crippen molar-refractivity contribution in [1.82, 2.24) is 0 Å². The van der Waals surface area contributed by atoms with Gasteiger partial charge < -0.3 is 0 Å². The van der Waals surface area contributed by atoms with Crippen LogP contribution in [-0.4, -0.2) is 23.7 Å². The number of hydrogen-bond acceptors (Lipinski definition) is 3. The highest BCUT2D eigenvalue weighted by molar-refractivity contribution is 6.18. The van der Waals surface area contributed by atoms with Crippen molar-refractivity contribution >= 4 is 17.6 Å². The number of nitrogens with zero attached hydrogens (tertiary/aromatic N) is 3. The van der Waals surface area contributed by atoms with Crippen molar-refractivity contribution in [2.75, 3.05) is 0 Å². The van der Waals surface area contributed by atoms with E-state index >= 15 is 0 Å². The van der Waals surface area contributed by atoms with Gasteiger partial charge in [-0.3, -0.25) is 4.99 Å². The molecule has 0 aromatic carbocycles. The van der Waals surface area contributed by atoms with E-state index in [-0.39, 0.29) is 11.5 Å². The molecular formula is C10H13N3. The van der Waals surface area contributed by atoms with Gasteiger partial charge in [0.15, 0.2) is 0 Å². The second-order valence-corrected chi connectivity index (χ2v) is 4.33. The zero-order valence-corrected chi connectivity index (χ0v) is 8.15. The minimum Gasteiger partial charge on any atom is -0.274 e. The van der Waals surface area contributed by atoms with E-state index in [1.165, 1.54) is 0 Å². The van der Waals surface area contributed by atoms with E-state index in [9.17, 15) is 0 Å². The molecule has 68 valence electrons. The van der Waals surface area contributed by atoms with Crippen molar-refractivity contribution in [3.63, 3.8) is 0 Å². The molecule has 2 heterocycles. The van der Waals surface area contributed by atoms with Crippen LogP contribution in [0.25, 0.3) is 0 Å². The molecule has 0 saturated carbocycles. The standard InChI is InChI=1S/C10H13N3/c1-10(2,3)9-5-4-7-8(12-9)6-11-13-7/h4-6,8H,1-3H3. The highest BCUT2D eigenvalue weighted by atomic mass is 15.2. The Hall–Kier alpha value is -1.25. The number of hydrogen-bond donors (Lipinski definition) is 0. The van der Waals surface area contributed by atoms with Gasteiger partial charge in [0.25, 0.3) is 0 Å². The molecule has 0 N–H and O–H groups in total. The van der Waals surface area contributed by atoms with Crippen LogP contribution in [0.5, 0.6) is 0 Å². The molecule has 3 heteroatoms. The van der Waals surface area contributed by atoms with Gasteiger partial charge in [-0.25, -0.2) is 0 Å². The summed E-state index contributed by atoms with van der Waals surface area (Å²) in [5, 5.41) is 7.82. The molecule has 0 radical (unpaired) electrons. The fourth-order valence-electron chi connectivity index (χ4n) is 1.33. The molecule has 0 fully saturated rings. The summed E-state index contributed by atoms with van der Waals surface area (Å²) in [5.41, 5.74) is 2.18. The van der Waals surface area contributed by atoms with Gasteiger partial charge in [0.2, 0.25) is 0 Å². The molecule has 1 atom stereocenters. The number of dihydropyridines is 1. The zero-order chi connectivity index (χ0) is 9.47. The van der Waals surface area contributed by atoms with Gasteiger partial charge >= 0.3 is 0 Å². The smallest absolute Gasteiger partial charge is 0.131 e. The molecule has 0 amide bonds. The van der Waals surface area contributed by atoms with E-state index in [1.807, 2.05) is 12.2 Å². The Bertz CT molecular complexity index is 340. The fourth-order valence-corrected chi connectivity index (χ4v) is 1.33. The van der Waals surface area contributed by atoms with Gasteiger partial charge in [0.1, 0.15) is 6.04 Å². The molecule has 0 bridgehead atoms. The number of allylic oxidation sites excluding steroid dienone is 1. The first-order valence-electron chi connectivity index (χ1n) is 4.45. The lowest BCUT2D eigenvalue weighted by molar-refractivity contribution is 0.591. The average molecular weight is 175 g/mol. The van der Waals surface area contributed by atoms with Crippen LogP contribution in [0.1, 0.15) is 20.8 Å². The Morgan fingerprint density at radius 2 is 2.00 bits per heavy atom. The first-order valence-corrected chi connectivity index (χ1v) is 4.45. The van der Waals surface area contributed by atoms with Crippen LogP contribution in [0, 0.1) is 5.41 Å². The first-order chi connectivity index (χ1) is 6.07. The monoisotopic (exact) mass is 175 g/mol. The van der Waals surface area contributed by atoms with Gasteiger partial charge in [0.05, 0.1) is 11.9 Å². The van der Waals surface area contributed by atoms with Gasteiger partial charge in [0, 0.05) is 11.1 Å². The highest BCUT2D eigenvalue weighted by Crippen LogP contribution is 2.21. The Labute approximate surface area is 78.0 Å². The molecule has 0 aromatic rings. The topological polar surface area (TPSA) is 37.1 Å². The second kappa shape index (κ2) is 2.62. The largest absolute Gasteiger partial charge is 0.274 e. The molecule has 0 spiro atoms. The van der Waals surface area contributed by atoms with Crippen LogP contribution in [-0.2, 0) is 0 Å². The third-order valence-electron chi connectivity index (χ3n) is 2.14. The normalized spacial score (nSPS) is 25.6. The third-order valence-corrected chi connectivity index (χ3v) is 2.14. The fraction of sp³-hybridized carbons (Fsp3) is 0.500. The molecule has 0 aliphatic carbocycles. The average Bonchev–Trinajstić information content (AvgIpc) is 2.47. The Morgan fingerprint density at radius 1 is 1.23 bits per heavy atom. The molecule has 13 heavy (non-hydrogen) atoms. The number of fused-ring (bicyclic) bond motifs is 1. The quantitative estimate of drug-likeness (QED) is 0.539. The summed E-state index contributed by atoms with van der Waals surface area (Å²) in [4.78, 5) is 4.56. The van der Waals surface area contributed by atoms with Crippen molar-refractivity contribution in [1.29, 1.82) is 0 Å².